The summed E-state index contributed by atoms with van der Waals surface area (Å²) in [6.45, 7) is 3.73. The van der Waals surface area contributed by atoms with E-state index >= 15 is 0 Å². The Morgan fingerprint density at radius 2 is 2.20 bits per heavy atom. The molecule has 0 saturated carbocycles. The second-order valence-electron chi connectivity index (χ2n) is 5.71. The van der Waals surface area contributed by atoms with Crippen LogP contribution in [0, 0.1) is 10.1 Å². The van der Waals surface area contributed by atoms with Crippen LogP contribution in [0.15, 0.2) is 41.5 Å². The van der Waals surface area contributed by atoms with E-state index in [-0.39, 0.29) is 5.69 Å². The number of nitrogens with zero attached hydrogens (tertiary/aromatic N) is 4. The van der Waals surface area contributed by atoms with Gasteiger partial charge in [0.1, 0.15) is 0 Å². The van der Waals surface area contributed by atoms with Crippen LogP contribution in [0.1, 0.15) is 18.2 Å². The van der Waals surface area contributed by atoms with Gasteiger partial charge in [0.2, 0.25) is 0 Å². The minimum absolute atomic E-state index is 0.0736. The van der Waals surface area contributed by atoms with Gasteiger partial charge in [-0.3, -0.25) is 10.1 Å². The van der Waals surface area contributed by atoms with Crippen LogP contribution >= 0.6 is 11.6 Å². The fourth-order valence-electron chi connectivity index (χ4n) is 2.45. The summed E-state index contributed by atoms with van der Waals surface area (Å²) in [5.74, 6) is 0.728. The molecule has 7 nitrogen and oxygen atoms in total. The summed E-state index contributed by atoms with van der Waals surface area (Å²) < 4.78 is 1.98. The van der Waals surface area contributed by atoms with Crippen LogP contribution in [-0.2, 0) is 20.1 Å². The van der Waals surface area contributed by atoms with E-state index in [1.807, 2.05) is 48.8 Å². The number of nitrogens with one attached hydrogen (secondary N) is 1. The van der Waals surface area contributed by atoms with Crippen molar-refractivity contribution in [2.24, 2.45) is 12.0 Å². The SMILES string of the molecule is CCNC(=NCc1cccc([N+](=O)[O-])c1)N(C)Cc1cc(Cl)cn1C. The Hall–Kier alpha value is -2.54. The smallest absolute Gasteiger partial charge is 0.269 e. The Bertz CT molecular complexity index is 772. The molecule has 2 rings (SSSR count). The molecule has 0 fully saturated rings. The van der Waals surface area contributed by atoms with Crippen molar-refractivity contribution in [3.63, 3.8) is 0 Å². The van der Waals surface area contributed by atoms with Gasteiger partial charge >= 0.3 is 0 Å². The van der Waals surface area contributed by atoms with Gasteiger partial charge in [-0.2, -0.15) is 0 Å². The third-order valence-corrected chi connectivity index (χ3v) is 3.91. The number of rotatable bonds is 6. The van der Waals surface area contributed by atoms with Gasteiger partial charge in [-0.1, -0.05) is 23.7 Å². The Balaban J connectivity index is 2.13. The lowest BCUT2D eigenvalue weighted by Gasteiger charge is -2.22. The van der Waals surface area contributed by atoms with Crippen LogP contribution in [0.4, 0.5) is 5.69 Å². The monoisotopic (exact) mass is 363 g/mol. The zero-order valence-corrected chi connectivity index (χ0v) is 15.3. The van der Waals surface area contributed by atoms with Crippen molar-refractivity contribution in [3.8, 4) is 0 Å². The molecule has 0 atom stereocenters. The molecular weight excluding hydrogens is 342 g/mol. The van der Waals surface area contributed by atoms with E-state index in [9.17, 15) is 10.1 Å². The van der Waals surface area contributed by atoms with E-state index in [4.69, 9.17) is 11.6 Å². The third kappa shape index (κ3) is 5.22. The van der Waals surface area contributed by atoms with E-state index in [1.54, 1.807) is 12.1 Å². The van der Waals surface area contributed by atoms with E-state index in [1.165, 1.54) is 6.07 Å². The Morgan fingerprint density at radius 1 is 1.44 bits per heavy atom. The highest BCUT2D eigenvalue weighted by molar-refractivity contribution is 6.30. The second-order valence-corrected chi connectivity index (χ2v) is 6.15. The fourth-order valence-corrected chi connectivity index (χ4v) is 2.72. The normalized spacial score (nSPS) is 11.4. The molecule has 0 aliphatic rings. The van der Waals surface area contributed by atoms with Crippen molar-refractivity contribution in [2.75, 3.05) is 13.6 Å². The van der Waals surface area contributed by atoms with Crippen LogP contribution < -0.4 is 5.32 Å². The van der Waals surface area contributed by atoms with E-state index in [0.717, 1.165) is 23.8 Å². The average molecular weight is 364 g/mol. The first-order chi connectivity index (χ1) is 11.9. The lowest BCUT2D eigenvalue weighted by molar-refractivity contribution is -0.384. The van der Waals surface area contributed by atoms with Gasteiger partial charge in [0.15, 0.2) is 5.96 Å². The summed E-state index contributed by atoms with van der Waals surface area (Å²) in [4.78, 5) is 17.1. The molecule has 0 amide bonds. The van der Waals surface area contributed by atoms with Crippen molar-refractivity contribution in [2.45, 2.75) is 20.0 Å². The molecule has 2 aromatic rings. The highest BCUT2D eigenvalue weighted by Crippen LogP contribution is 2.15. The number of nitro groups is 1. The van der Waals surface area contributed by atoms with Gasteiger partial charge in [0.05, 0.1) is 23.0 Å². The lowest BCUT2D eigenvalue weighted by atomic mass is 10.2. The Labute approximate surface area is 152 Å². The fraction of sp³-hybridized carbons (Fsp3) is 0.353. The van der Waals surface area contributed by atoms with Crippen molar-refractivity contribution < 1.29 is 4.92 Å². The van der Waals surface area contributed by atoms with Gasteiger partial charge in [0.25, 0.3) is 5.69 Å². The maximum Gasteiger partial charge on any atom is 0.269 e. The van der Waals surface area contributed by atoms with Crippen LogP contribution in [0.3, 0.4) is 0 Å². The summed E-state index contributed by atoms with van der Waals surface area (Å²) in [5, 5.41) is 14.8. The predicted octanol–water partition coefficient (Wildman–Crippen LogP) is 3.18. The number of hydrogen-bond donors (Lipinski definition) is 1. The zero-order chi connectivity index (χ0) is 18.4. The number of halogens is 1. The van der Waals surface area contributed by atoms with Crippen LogP contribution in [-0.4, -0.2) is 33.9 Å². The average Bonchev–Trinajstić information content (AvgIpc) is 2.88. The number of aromatic nitrogens is 1. The van der Waals surface area contributed by atoms with Crippen LogP contribution in [0.5, 0.6) is 0 Å². The molecule has 134 valence electrons. The first-order valence-corrected chi connectivity index (χ1v) is 8.32. The second kappa shape index (κ2) is 8.53. The molecule has 0 unspecified atom stereocenters. The topological polar surface area (TPSA) is 75.7 Å². The molecule has 8 heteroatoms. The van der Waals surface area contributed by atoms with Gasteiger partial charge in [-0.05, 0) is 18.6 Å². The Morgan fingerprint density at radius 3 is 2.80 bits per heavy atom. The molecule has 0 bridgehead atoms. The quantitative estimate of drug-likeness (QED) is 0.370. The number of guanidine groups is 1. The number of benzene rings is 1. The van der Waals surface area contributed by atoms with Gasteiger partial charge in [0, 0.05) is 44.7 Å². The summed E-state index contributed by atoms with van der Waals surface area (Å²) in [5.41, 5.74) is 1.93. The highest BCUT2D eigenvalue weighted by atomic mass is 35.5. The van der Waals surface area contributed by atoms with E-state index < -0.39 is 4.92 Å². The molecule has 0 spiro atoms. The van der Waals surface area contributed by atoms with Gasteiger partial charge in [-0.25, -0.2) is 4.99 Å². The molecular formula is C17H22ClN5O2. The van der Waals surface area contributed by atoms with Crippen molar-refractivity contribution in [1.29, 1.82) is 0 Å². The molecule has 0 aliphatic heterocycles. The largest absolute Gasteiger partial charge is 0.357 e. The molecule has 1 aromatic carbocycles. The molecule has 0 aliphatic carbocycles. The summed E-state index contributed by atoms with van der Waals surface area (Å²) in [6.07, 6.45) is 1.86. The third-order valence-electron chi connectivity index (χ3n) is 3.70. The highest BCUT2D eigenvalue weighted by Gasteiger charge is 2.10. The maximum absolute atomic E-state index is 10.9. The van der Waals surface area contributed by atoms with Crippen molar-refractivity contribution in [3.05, 3.63) is 62.9 Å². The number of non-ortho nitro benzene ring substituents is 1. The standard InChI is InChI=1S/C17H22ClN5O2/c1-4-19-17(22(3)12-16-9-14(18)11-21(16)2)20-10-13-6-5-7-15(8-13)23(24)25/h5-9,11H,4,10,12H2,1-3H3,(H,19,20). The zero-order valence-electron chi connectivity index (χ0n) is 14.6. The maximum atomic E-state index is 10.9. The molecule has 1 aromatic heterocycles. The molecule has 0 saturated heterocycles. The minimum Gasteiger partial charge on any atom is -0.357 e. The van der Waals surface area contributed by atoms with Crippen LogP contribution in [0.25, 0.3) is 0 Å². The lowest BCUT2D eigenvalue weighted by Crippen LogP contribution is -2.38. The summed E-state index contributed by atoms with van der Waals surface area (Å²) in [6, 6.07) is 8.44. The number of aliphatic imine (C=N–C) groups is 1. The summed E-state index contributed by atoms with van der Waals surface area (Å²) >= 11 is 6.03. The number of nitro benzene ring substituents is 1. The van der Waals surface area contributed by atoms with E-state index in [0.29, 0.717) is 18.1 Å². The van der Waals surface area contributed by atoms with Gasteiger partial charge in [-0.15, -0.1) is 0 Å². The number of aryl methyl sites for hydroxylation is 1. The molecule has 1 heterocycles. The predicted molar refractivity (Wildman–Crippen MR) is 99.8 cm³/mol. The summed E-state index contributed by atoms with van der Waals surface area (Å²) in [7, 11) is 3.89. The minimum atomic E-state index is -0.399. The van der Waals surface area contributed by atoms with Gasteiger partial charge < -0.3 is 14.8 Å². The van der Waals surface area contributed by atoms with E-state index in [2.05, 4.69) is 10.3 Å². The first-order valence-electron chi connectivity index (χ1n) is 7.94. The molecule has 25 heavy (non-hydrogen) atoms. The molecule has 1 N–H and O–H groups in total. The Kier molecular flexibility index (Phi) is 6.41. The first kappa shape index (κ1) is 18.8. The number of hydrogen-bond acceptors (Lipinski definition) is 3. The van der Waals surface area contributed by atoms with Crippen LogP contribution in [0.2, 0.25) is 5.02 Å². The van der Waals surface area contributed by atoms with Crippen molar-refractivity contribution in [1.82, 2.24) is 14.8 Å². The van der Waals surface area contributed by atoms with Crippen molar-refractivity contribution >= 4 is 23.2 Å². The molecule has 0 radical (unpaired) electrons.